The number of carbonyl (C=O) groups excluding carboxylic acids is 1. The van der Waals surface area contributed by atoms with E-state index in [9.17, 15) is 4.79 Å². The van der Waals surface area contributed by atoms with Crippen LogP contribution in [-0.2, 0) is 6.61 Å². The van der Waals surface area contributed by atoms with E-state index < -0.39 is 0 Å². The first-order valence-electron chi connectivity index (χ1n) is 10.1. The highest BCUT2D eigenvalue weighted by atomic mass is 16.5. The summed E-state index contributed by atoms with van der Waals surface area (Å²) < 4.78 is 5.97. The minimum atomic E-state index is -0.207. The molecule has 4 rings (SSSR count). The molecule has 1 amide bonds. The summed E-state index contributed by atoms with van der Waals surface area (Å²) in [4.78, 5) is 16.9. The van der Waals surface area contributed by atoms with Gasteiger partial charge >= 0.3 is 0 Å². The van der Waals surface area contributed by atoms with Gasteiger partial charge in [0.1, 0.15) is 17.9 Å². The molecule has 0 saturated carbocycles. The fourth-order valence-electron chi connectivity index (χ4n) is 3.23. The SMILES string of the molecule is C/C=C(\NNC(=O)c1ccc(COc2cccc3cccnc23)cc1)c1ccccc1. The topological polar surface area (TPSA) is 63.2 Å². The molecular weight excluding hydrogens is 386 g/mol. The molecule has 0 saturated heterocycles. The lowest BCUT2D eigenvalue weighted by atomic mass is 10.1. The molecule has 0 spiro atoms. The maximum atomic E-state index is 12.5. The maximum absolute atomic E-state index is 12.5. The smallest absolute Gasteiger partial charge is 0.269 e. The van der Waals surface area contributed by atoms with Crippen LogP contribution >= 0.6 is 0 Å². The molecule has 2 N–H and O–H groups in total. The fourth-order valence-corrected chi connectivity index (χ4v) is 3.23. The van der Waals surface area contributed by atoms with E-state index in [0.717, 1.165) is 33.5 Å². The number of nitrogens with one attached hydrogen (secondary N) is 2. The van der Waals surface area contributed by atoms with E-state index in [1.165, 1.54) is 0 Å². The van der Waals surface area contributed by atoms with E-state index in [4.69, 9.17) is 4.74 Å². The zero-order chi connectivity index (χ0) is 21.5. The monoisotopic (exact) mass is 409 g/mol. The molecule has 0 fully saturated rings. The van der Waals surface area contributed by atoms with Crippen molar-refractivity contribution in [1.82, 2.24) is 15.8 Å². The number of ether oxygens (including phenoxy) is 1. The van der Waals surface area contributed by atoms with E-state index in [0.29, 0.717) is 12.2 Å². The van der Waals surface area contributed by atoms with Gasteiger partial charge in [0, 0.05) is 17.1 Å². The van der Waals surface area contributed by atoms with Gasteiger partial charge in [0.2, 0.25) is 0 Å². The lowest BCUT2D eigenvalue weighted by Gasteiger charge is -2.13. The Morgan fingerprint density at radius 1 is 0.871 bits per heavy atom. The van der Waals surface area contributed by atoms with Crippen LogP contribution in [0.1, 0.15) is 28.4 Å². The molecule has 3 aromatic carbocycles. The average molecular weight is 409 g/mol. The van der Waals surface area contributed by atoms with Crippen molar-refractivity contribution < 1.29 is 9.53 Å². The molecule has 0 aliphatic carbocycles. The first-order chi connectivity index (χ1) is 15.2. The molecule has 5 nitrogen and oxygen atoms in total. The predicted octanol–water partition coefficient (Wildman–Crippen LogP) is 5.11. The van der Waals surface area contributed by atoms with Gasteiger partial charge in [-0.15, -0.1) is 0 Å². The third-order valence-corrected chi connectivity index (χ3v) is 4.89. The molecule has 0 radical (unpaired) electrons. The second-order valence-corrected chi connectivity index (χ2v) is 6.96. The lowest BCUT2D eigenvalue weighted by molar-refractivity contribution is 0.0942. The van der Waals surface area contributed by atoms with Crippen LogP contribution < -0.4 is 15.6 Å². The number of hydrogen-bond donors (Lipinski definition) is 2. The molecule has 0 atom stereocenters. The van der Waals surface area contributed by atoms with Gasteiger partial charge in [0.25, 0.3) is 5.91 Å². The molecule has 1 aromatic heterocycles. The molecule has 0 aliphatic heterocycles. The highest BCUT2D eigenvalue weighted by Crippen LogP contribution is 2.23. The Morgan fingerprint density at radius 2 is 1.65 bits per heavy atom. The number of benzene rings is 3. The predicted molar refractivity (Wildman–Crippen MR) is 123 cm³/mol. The van der Waals surface area contributed by atoms with Crippen molar-refractivity contribution in [1.29, 1.82) is 0 Å². The molecule has 0 aliphatic rings. The van der Waals surface area contributed by atoms with Crippen LogP contribution in [-0.4, -0.2) is 10.9 Å². The largest absolute Gasteiger partial charge is 0.487 e. The van der Waals surface area contributed by atoms with Gasteiger partial charge in [0.15, 0.2) is 0 Å². The van der Waals surface area contributed by atoms with Crippen molar-refractivity contribution >= 4 is 22.5 Å². The van der Waals surface area contributed by atoms with Crippen molar-refractivity contribution in [2.45, 2.75) is 13.5 Å². The molecular formula is C26H23N3O2. The lowest BCUT2D eigenvalue weighted by Crippen LogP contribution is -2.36. The average Bonchev–Trinajstić information content (AvgIpc) is 2.84. The number of fused-ring (bicyclic) bond motifs is 1. The van der Waals surface area contributed by atoms with Gasteiger partial charge in [-0.05, 0) is 42.3 Å². The van der Waals surface area contributed by atoms with Gasteiger partial charge in [0.05, 0.1) is 5.70 Å². The van der Waals surface area contributed by atoms with Crippen molar-refractivity contribution in [2.75, 3.05) is 0 Å². The third-order valence-electron chi connectivity index (χ3n) is 4.89. The molecule has 5 heteroatoms. The summed E-state index contributed by atoms with van der Waals surface area (Å²) in [7, 11) is 0. The van der Waals surface area contributed by atoms with Gasteiger partial charge < -0.3 is 4.74 Å². The molecule has 31 heavy (non-hydrogen) atoms. The van der Waals surface area contributed by atoms with Crippen molar-refractivity contribution in [3.63, 3.8) is 0 Å². The minimum absolute atomic E-state index is 0.207. The van der Waals surface area contributed by atoms with Crippen molar-refractivity contribution in [3.05, 3.63) is 114 Å². The summed E-state index contributed by atoms with van der Waals surface area (Å²) in [6.45, 7) is 2.31. The Hall–Kier alpha value is -4.12. The molecule has 4 aromatic rings. The zero-order valence-electron chi connectivity index (χ0n) is 17.2. The summed E-state index contributed by atoms with van der Waals surface area (Å²) in [5.74, 6) is 0.532. The summed E-state index contributed by atoms with van der Waals surface area (Å²) in [6, 6.07) is 27.0. The van der Waals surface area contributed by atoms with Gasteiger partial charge in [-0.3, -0.25) is 20.6 Å². The van der Waals surface area contributed by atoms with Gasteiger partial charge in [-0.1, -0.05) is 66.7 Å². The minimum Gasteiger partial charge on any atom is -0.487 e. The van der Waals surface area contributed by atoms with E-state index >= 15 is 0 Å². The number of amides is 1. The first kappa shape index (κ1) is 20.2. The van der Waals surface area contributed by atoms with Crippen LogP contribution in [0.5, 0.6) is 5.75 Å². The Labute approximate surface area is 181 Å². The quantitative estimate of drug-likeness (QED) is 0.417. The maximum Gasteiger partial charge on any atom is 0.269 e. The number of pyridine rings is 1. The highest BCUT2D eigenvalue weighted by Gasteiger charge is 2.08. The van der Waals surface area contributed by atoms with Gasteiger partial charge in [-0.2, -0.15) is 0 Å². The Bertz CT molecular complexity index is 1200. The van der Waals surface area contributed by atoms with E-state index in [2.05, 4.69) is 15.8 Å². The number of hydrogen-bond acceptors (Lipinski definition) is 4. The van der Waals surface area contributed by atoms with Crippen LogP contribution in [0, 0.1) is 0 Å². The zero-order valence-corrected chi connectivity index (χ0v) is 17.2. The number of aromatic nitrogens is 1. The number of allylic oxidation sites excluding steroid dienone is 1. The van der Waals surface area contributed by atoms with Crippen molar-refractivity contribution in [2.24, 2.45) is 0 Å². The summed E-state index contributed by atoms with van der Waals surface area (Å²) in [5.41, 5.74) is 9.95. The summed E-state index contributed by atoms with van der Waals surface area (Å²) in [5, 5.41) is 1.04. The standard InChI is InChI=1S/C26H23N3O2/c1-2-23(20-8-4-3-5-9-20)28-29-26(30)22-15-13-19(14-16-22)18-31-24-12-6-10-21-11-7-17-27-25(21)24/h2-17,28H,18H2,1H3,(H,29,30)/b23-2-. The normalized spacial score (nSPS) is 11.2. The van der Waals surface area contributed by atoms with Gasteiger partial charge in [-0.25, -0.2) is 0 Å². The number of carbonyl (C=O) groups is 1. The van der Waals surface area contributed by atoms with Crippen LogP contribution in [0.3, 0.4) is 0 Å². The molecule has 0 bridgehead atoms. The second-order valence-electron chi connectivity index (χ2n) is 6.96. The van der Waals surface area contributed by atoms with Crippen LogP contribution in [0.2, 0.25) is 0 Å². The summed E-state index contributed by atoms with van der Waals surface area (Å²) >= 11 is 0. The highest BCUT2D eigenvalue weighted by molar-refractivity contribution is 5.94. The number of rotatable bonds is 7. The van der Waals surface area contributed by atoms with Crippen LogP contribution in [0.15, 0.2) is 97.2 Å². The Morgan fingerprint density at radius 3 is 2.42 bits per heavy atom. The Balaban J connectivity index is 1.36. The van der Waals surface area contributed by atoms with Crippen LogP contribution in [0.25, 0.3) is 16.6 Å². The van der Waals surface area contributed by atoms with E-state index in [-0.39, 0.29) is 5.91 Å². The summed E-state index contributed by atoms with van der Waals surface area (Å²) in [6.07, 6.45) is 3.67. The van der Waals surface area contributed by atoms with E-state index in [1.807, 2.05) is 85.8 Å². The molecule has 1 heterocycles. The molecule has 0 unspecified atom stereocenters. The molecule has 154 valence electrons. The fraction of sp³-hybridized carbons (Fsp3) is 0.0769. The third kappa shape index (κ3) is 4.90. The van der Waals surface area contributed by atoms with Crippen LogP contribution in [0.4, 0.5) is 0 Å². The Kier molecular flexibility index (Phi) is 6.24. The second kappa shape index (κ2) is 9.59. The number of nitrogens with zero attached hydrogens (tertiary/aromatic N) is 1. The number of hydrazine groups is 1. The van der Waals surface area contributed by atoms with E-state index in [1.54, 1.807) is 18.3 Å². The van der Waals surface area contributed by atoms with Crippen molar-refractivity contribution in [3.8, 4) is 5.75 Å². The number of para-hydroxylation sites is 1. The first-order valence-corrected chi connectivity index (χ1v) is 10.1.